The lowest BCUT2D eigenvalue weighted by Crippen LogP contribution is -2.52. The molecule has 2 aromatic heterocycles. The van der Waals surface area contributed by atoms with Crippen LogP contribution in [0.25, 0.3) is 11.2 Å². The average Bonchev–Trinajstić information content (AvgIpc) is 3.23. The minimum absolute atomic E-state index is 0.0965. The van der Waals surface area contributed by atoms with E-state index in [1.165, 1.54) is 0 Å². The standard InChI is InChI=1S/C32H29BrN4O3/c33-27-18-28-30(34-19-27)37(31(40)36(28)22-29(39)35-20-23(21-35)16-17-38)32(24-10-4-1-5-11-24,25-12-6-2-7-13-25)26-14-8-3-9-15-26/h1-15,18-19,23,38H,16-17,20-22H2. The summed E-state index contributed by atoms with van der Waals surface area (Å²) in [6, 6.07) is 31.7. The second-order valence-electron chi connectivity index (χ2n) is 10.2. The van der Waals surface area contributed by atoms with Gasteiger partial charge < -0.3 is 10.0 Å². The molecule has 0 atom stereocenters. The van der Waals surface area contributed by atoms with Crippen molar-refractivity contribution in [1.29, 1.82) is 0 Å². The molecule has 0 bridgehead atoms. The van der Waals surface area contributed by atoms with Crippen LogP contribution in [0.4, 0.5) is 0 Å². The van der Waals surface area contributed by atoms with Gasteiger partial charge in [0.25, 0.3) is 0 Å². The number of carbonyl (C=O) groups is 1. The van der Waals surface area contributed by atoms with Crippen LogP contribution >= 0.6 is 15.9 Å². The Kier molecular flexibility index (Phi) is 7.12. The molecule has 202 valence electrons. The van der Waals surface area contributed by atoms with Crippen molar-refractivity contribution in [3.63, 3.8) is 0 Å². The number of aliphatic hydroxyl groups excluding tert-OH is 1. The van der Waals surface area contributed by atoms with Gasteiger partial charge in [-0.2, -0.15) is 0 Å². The predicted molar refractivity (Wildman–Crippen MR) is 158 cm³/mol. The number of imidazole rings is 1. The van der Waals surface area contributed by atoms with Gasteiger partial charge in [0.2, 0.25) is 5.91 Å². The van der Waals surface area contributed by atoms with E-state index in [9.17, 15) is 14.7 Å². The number of halogens is 1. The highest BCUT2D eigenvalue weighted by molar-refractivity contribution is 9.10. The summed E-state index contributed by atoms with van der Waals surface area (Å²) in [6.07, 6.45) is 2.36. The number of carbonyl (C=O) groups excluding carboxylic acids is 1. The largest absolute Gasteiger partial charge is 0.396 e. The molecule has 40 heavy (non-hydrogen) atoms. The Morgan fingerprint density at radius 2 is 1.43 bits per heavy atom. The van der Waals surface area contributed by atoms with Gasteiger partial charge in [-0.25, -0.2) is 9.78 Å². The molecule has 5 aromatic rings. The Morgan fingerprint density at radius 3 is 1.93 bits per heavy atom. The topological polar surface area (TPSA) is 80.4 Å². The van der Waals surface area contributed by atoms with Crippen molar-refractivity contribution < 1.29 is 9.90 Å². The lowest BCUT2D eigenvalue weighted by Gasteiger charge is -2.39. The zero-order chi connectivity index (χ0) is 27.7. The summed E-state index contributed by atoms with van der Waals surface area (Å²) >= 11 is 3.52. The number of rotatable bonds is 8. The van der Waals surface area contributed by atoms with E-state index in [0.717, 1.165) is 21.2 Å². The molecule has 1 aliphatic heterocycles. The van der Waals surface area contributed by atoms with Crippen LogP contribution in [-0.4, -0.2) is 49.7 Å². The number of aliphatic hydroxyl groups is 1. The molecule has 0 spiro atoms. The number of aromatic nitrogens is 3. The smallest absolute Gasteiger partial charge is 0.332 e. The number of fused-ring (bicyclic) bond motifs is 1. The first-order chi connectivity index (χ1) is 19.5. The van der Waals surface area contributed by atoms with Crippen molar-refractivity contribution in [2.24, 2.45) is 5.92 Å². The SMILES string of the molecule is O=C(Cn1c(=O)n(C(c2ccccc2)(c2ccccc2)c2ccccc2)c2ncc(Br)cc21)N1CC(CCO)C1. The molecule has 0 radical (unpaired) electrons. The lowest BCUT2D eigenvalue weighted by atomic mass is 9.76. The van der Waals surface area contributed by atoms with Gasteiger partial charge in [-0.15, -0.1) is 0 Å². The van der Waals surface area contributed by atoms with Crippen molar-refractivity contribution >= 4 is 33.0 Å². The first kappa shape index (κ1) is 26.2. The normalized spacial score (nSPS) is 13.9. The Hall–Kier alpha value is -4.01. The molecule has 1 aliphatic rings. The Morgan fingerprint density at radius 1 is 0.900 bits per heavy atom. The summed E-state index contributed by atoms with van der Waals surface area (Å²) < 4.78 is 4.00. The van der Waals surface area contributed by atoms with Crippen LogP contribution in [0.3, 0.4) is 0 Å². The molecular formula is C32H29BrN4O3. The quantitative estimate of drug-likeness (QED) is 0.265. The Bertz CT molecular complexity index is 1600. The fourth-order valence-electron chi connectivity index (χ4n) is 5.86. The molecule has 0 aliphatic carbocycles. The minimum Gasteiger partial charge on any atom is -0.396 e. The molecular weight excluding hydrogens is 568 g/mol. The Balaban J connectivity index is 1.62. The molecule has 6 rings (SSSR count). The maximum atomic E-state index is 14.7. The van der Waals surface area contributed by atoms with Crippen LogP contribution in [0.15, 0.2) is 113 Å². The molecule has 1 amide bonds. The van der Waals surface area contributed by atoms with E-state index in [1.54, 1.807) is 20.2 Å². The summed E-state index contributed by atoms with van der Waals surface area (Å²) in [5.74, 6) is 0.171. The third kappa shape index (κ3) is 4.37. The van der Waals surface area contributed by atoms with E-state index in [0.29, 0.717) is 36.6 Å². The van der Waals surface area contributed by atoms with Crippen molar-refractivity contribution in [3.05, 3.63) is 135 Å². The van der Waals surface area contributed by atoms with Gasteiger partial charge in [-0.05, 0) is 51.0 Å². The number of benzene rings is 3. The van der Waals surface area contributed by atoms with Gasteiger partial charge in [0, 0.05) is 30.4 Å². The predicted octanol–water partition coefficient (Wildman–Crippen LogP) is 4.64. The van der Waals surface area contributed by atoms with E-state index in [4.69, 9.17) is 4.98 Å². The first-order valence-corrected chi connectivity index (χ1v) is 14.2. The minimum atomic E-state index is -1.06. The number of pyridine rings is 1. The first-order valence-electron chi connectivity index (χ1n) is 13.4. The molecule has 7 nitrogen and oxygen atoms in total. The number of hydrogen-bond acceptors (Lipinski definition) is 4. The van der Waals surface area contributed by atoms with E-state index in [2.05, 4.69) is 15.9 Å². The summed E-state index contributed by atoms with van der Waals surface area (Å²) in [5, 5.41) is 9.24. The van der Waals surface area contributed by atoms with Gasteiger partial charge in [-0.1, -0.05) is 91.0 Å². The molecule has 1 fully saturated rings. The van der Waals surface area contributed by atoms with E-state index in [-0.39, 0.29) is 24.7 Å². The van der Waals surface area contributed by atoms with Crippen LogP contribution in [0, 0.1) is 5.92 Å². The molecule has 1 N–H and O–H groups in total. The third-order valence-electron chi connectivity index (χ3n) is 7.79. The zero-order valence-corrected chi connectivity index (χ0v) is 23.4. The second kappa shape index (κ2) is 10.9. The van der Waals surface area contributed by atoms with Crippen LogP contribution < -0.4 is 5.69 Å². The van der Waals surface area contributed by atoms with Crippen LogP contribution in [-0.2, 0) is 16.9 Å². The fraction of sp³-hybridized carbons (Fsp3) is 0.219. The van der Waals surface area contributed by atoms with Gasteiger partial charge in [0.1, 0.15) is 12.1 Å². The van der Waals surface area contributed by atoms with Crippen molar-refractivity contribution in [2.75, 3.05) is 19.7 Å². The van der Waals surface area contributed by atoms with Gasteiger partial charge in [0.05, 0.1) is 5.52 Å². The lowest BCUT2D eigenvalue weighted by molar-refractivity contribution is -0.138. The molecule has 3 heterocycles. The van der Waals surface area contributed by atoms with Crippen molar-refractivity contribution in [1.82, 2.24) is 19.0 Å². The zero-order valence-electron chi connectivity index (χ0n) is 21.9. The molecule has 8 heteroatoms. The number of hydrogen-bond donors (Lipinski definition) is 1. The maximum Gasteiger partial charge on any atom is 0.332 e. The third-order valence-corrected chi connectivity index (χ3v) is 8.22. The molecule has 0 saturated carbocycles. The molecule has 3 aromatic carbocycles. The molecule has 0 unspecified atom stereocenters. The monoisotopic (exact) mass is 596 g/mol. The summed E-state index contributed by atoms with van der Waals surface area (Å²) in [4.78, 5) is 34.5. The number of nitrogens with zero attached hydrogens (tertiary/aromatic N) is 4. The van der Waals surface area contributed by atoms with Crippen LogP contribution in [0.1, 0.15) is 23.1 Å². The highest BCUT2D eigenvalue weighted by atomic mass is 79.9. The maximum absolute atomic E-state index is 14.7. The summed E-state index contributed by atoms with van der Waals surface area (Å²) in [6.45, 7) is 1.20. The highest BCUT2D eigenvalue weighted by Gasteiger charge is 2.42. The summed E-state index contributed by atoms with van der Waals surface area (Å²) in [7, 11) is 0. The number of likely N-dealkylation sites (tertiary alicyclic amines) is 1. The molecule has 1 saturated heterocycles. The van der Waals surface area contributed by atoms with Crippen molar-refractivity contribution in [3.8, 4) is 0 Å². The van der Waals surface area contributed by atoms with Crippen LogP contribution in [0.5, 0.6) is 0 Å². The van der Waals surface area contributed by atoms with E-state index in [1.807, 2.05) is 97.1 Å². The second-order valence-corrected chi connectivity index (χ2v) is 11.1. The summed E-state index contributed by atoms with van der Waals surface area (Å²) in [5.41, 5.74) is 2.39. The van der Waals surface area contributed by atoms with Gasteiger partial charge in [0.15, 0.2) is 5.65 Å². The fourth-order valence-corrected chi connectivity index (χ4v) is 6.18. The van der Waals surface area contributed by atoms with Gasteiger partial charge in [-0.3, -0.25) is 13.9 Å². The van der Waals surface area contributed by atoms with Gasteiger partial charge >= 0.3 is 5.69 Å². The van der Waals surface area contributed by atoms with E-state index < -0.39 is 5.54 Å². The van der Waals surface area contributed by atoms with Crippen LogP contribution in [0.2, 0.25) is 0 Å². The Labute approximate surface area is 240 Å². The average molecular weight is 598 g/mol. The number of amides is 1. The van der Waals surface area contributed by atoms with Crippen molar-refractivity contribution in [2.45, 2.75) is 18.5 Å². The highest BCUT2D eigenvalue weighted by Crippen LogP contribution is 2.41. The van der Waals surface area contributed by atoms with E-state index >= 15 is 0 Å².